The molecule has 0 saturated carbocycles. The van der Waals surface area contributed by atoms with Gasteiger partial charge in [-0.2, -0.15) is 0 Å². The number of hydrogen-bond acceptors (Lipinski definition) is 1. The first-order valence-electron chi connectivity index (χ1n) is 7.94. The maximum Gasteiger partial charge on any atom is 0.255 e. The number of likely N-dealkylation sites (tertiary alicyclic amines) is 1. The van der Waals surface area contributed by atoms with E-state index in [4.69, 9.17) is 11.6 Å². The summed E-state index contributed by atoms with van der Waals surface area (Å²) in [5.74, 6) is 0.424. The molecule has 4 heteroatoms. The molecule has 0 bridgehead atoms. The van der Waals surface area contributed by atoms with Crippen LogP contribution in [0.15, 0.2) is 53.0 Å². The van der Waals surface area contributed by atoms with Gasteiger partial charge in [0.2, 0.25) is 0 Å². The molecule has 1 atom stereocenters. The molecule has 2 aromatic carbocycles. The van der Waals surface area contributed by atoms with Crippen LogP contribution in [0.25, 0.3) is 0 Å². The Bertz CT molecular complexity index is 689. The van der Waals surface area contributed by atoms with Crippen molar-refractivity contribution in [3.05, 3.63) is 69.2 Å². The second-order valence-electron chi connectivity index (χ2n) is 5.98. The predicted octanol–water partition coefficient (Wildman–Crippen LogP) is 5.51. The second kappa shape index (κ2) is 7.50. The third-order valence-electron chi connectivity index (χ3n) is 4.39. The fraction of sp³-hybridized carbons (Fsp3) is 0.316. The Morgan fingerprint density at radius 2 is 1.91 bits per heavy atom. The van der Waals surface area contributed by atoms with E-state index >= 15 is 0 Å². The number of halogens is 2. The fourth-order valence-corrected chi connectivity index (χ4v) is 3.71. The normalized spacial score (nSPS) is 18.5. The van der Waals surface area contributed by atoms with Crippen molar-refractivity contribution in [2.75, 3.05) is 13.1 Å². The second-order valence-corrected chi connectivity index (χ2v) is 7.30. The van der Waals surface area contributed by atoms with Gasteiger partial charge in [0.1, 0.15) is 0 Å². The standard InChI is InChI=1S/C19H19BrClNO/c20-16-9-10-18(21)17(12-16)19(23)22-11-5-4-8-15(13-22)14-6-2-1-3-7-14/h1-3,6-7,9-10,12,15H,4-5,8,11,13H2. The number of hydrogen-bond donors (Lipinski definition) is 0. The monoisotopic (exact) mass is 391 g/mol. The van der Waals surface area contributed by atoms with Gasteiger partial charge >= 0.3 is 0 Å². The minimum Gasteiger partial charge on any atom is -0.338 e. The number of carbonyl (C=O) groups excluding carboxylic acids is 1. The summed E-state index contributed by atoms with van der Waals surface area (Å²) >= 11 is 9.66. The summed E-state index contributed by atoms with van der Waals surface area (Å²) in [6.07, 6.45) is 3.32. The van der Waals surface area contributed by atoms with E-state index in [-0.39, 0.29) is 5.91 Å². The third kappa shape index (κ3) is 3.96. The number of carbonyl (C=O) groups is 1. The van der Waals surface area contributed by atoms with Crippen molar-refractivity contribution in [1.29, 1.82) is 0 Å². The van der Waals surface area contributed by atoms with Crippen LogP contribution in [-0.4, -0.2) is 23.9 Å². The van der Waals surface area contributed by atoms with Crippen molar-refractivity contribution < 1.29 is 4.79 Å². The Balaban J connectivity index is 1.83. The zero-order valence-electron chi connectivity index (χ0n) is 12.8. The zero-order chi connectivity index (χ0) is 16.2. The topological polar surface area (TPSA) is 20.3 Å². The van der Waals surface area contributed by atoms with Crippen LogP contribution in [0.1, 0.15) is 41.1 Å². The van der Waals surface area contributed by atoms with E-state index < -0.39 is 0 Å². The molecule has 0 spiro atoms. The first-order chi connectivity index (χ1) is 11.1. The summed E-state index contributed by atoms with van der Waals surface area (Å²) in [6, 6.07) is 15.9. The highest BCUT2D eigenvalue weighted by molar-refractivity contribution is 9.10. The Morgan fingerprint density at radius 1 is 1.13 bits per heavy atom. The number of amides is 1. The molecule has 2 aromatic rings. The maximum absolute atomic E-state index is 12.9. The SMILES string of the molecule is O=C(c1cc(Br)ccc1Cl)N1CCCCC(c2ccccc2)C1. The molecule has 0 N–H and O–H groups in total. The van der Waals surface area contributed by atoms with Crippen molar-refractivity contribution in [3.8, 4) is 0 Å². The van der Waals surface area contributed by atoms with Crippen molar-refractivity contribution in [2.45, 2.75) is 25.2 Å². The van der Waals surface area contributed by atoms with Gasteiger partial charge in [-0.25, -0.2) is 0 Å². The highest BCUT2D eigenvalue weighted by Gasteiger charge is 2.25. The summed E-state index contributed by atoms with van der Waals surface area (Å²) in [7, 11) is 0. The molecular formula is C19H19BrClNO. The van der Waals surface area contributed by atoms with Crippen LogP contribution in [0.2, 0.25) is 5.02 Å². The van der Waals surface area contributed by atoms with E-state index in [9.17, 15) is 4.79 Å². The summed E-state index contributed by atoms with van der Waals surface area (Å²) in [5, 5.41) is 0.513. The Hall–Kier alpha value is -1.32. The first kappa shape index (κ1) is 16.5. The average molecular weight is 393 g/mol. The molecule has 0 radical (unpaired) electrons. The molecule has 1 amide bonds. The van der Waals surface area contributed by atoms with Crippen LogP contribution in [0.3, 0.4) is 0 Å². The van der Waals surface area contributed by atoms with Gasteiger partial charge < -0.3 is 4.90 Å². The molecule has 0 aliphatic carbocycles. The Morgan fingerprint density at radius 3 is 2.70 bits per heavy atom. The van der Waals surface area contributed by atoms with Gasteiger partial charge in [0, 0.05) is 23.5 Å². The average Bonchev–Trinajstić information content (AvgIpc) is 2.83. The van der Waals surface area contributed by atoms with Gasteiger partial charge in [0.05, 0.1) is 10.6 Å². The Labute approximate surface area is 150 Å². The van der Waals surface area contributed by atoms with Gasteiger partial charge in [-0.1, -0.05) is 64.3 Å². The van der Waals surface area contributed by atoms with E-state index in [2.05, 4.69) is 40.2 Å². The summed E-state index contributed by atoms with van der Waals surface area (Å²) in [5.41, 5.74) is 1.89. The van der Waals surface area contributed by atoms with Crippen molar-refractivity contribution >= 4 is 33.4 Å². The predicted molar refractivity (Wildman–Crippen MR) is 98.1 cm³/mol. The molecule has 0 aromatic heterocycles. The van der Waals surface area contributed by atoms with Gasteiger partial charge in [0.15, 0.2) is 0 Å². The smallest absolute Gasteiger partial charge is 0.255 e. The molecule has 23 heavy (non-hydrogen) atoms. The van der Waals surface area contributed by atoms with Crippen molar-refractivity contribution in [3.63, 3.8) is 0 Å². The number of rotatable bonds is 2. The zero-order valence-corrected chi connectivity index (χ0v) is 15.2. The molecule has 2 nitrogen and oxygen atoms in total. The third-order valence-corrected chi connectivity index (χ3v) is 5.21. The molecule has 1 aliphatic rings. The molecule has 1 heterocycles. The molecule has 1 unspecified atom stereocenters. The highest BCUT2D eigenvalue weighted by atomic mass is 79.9. The van der Waals surface area contributed by atoms with Crippen LogP contribution >= 0.6 is 27.5 Å². The van der Waals surface area contributed by atoms with E-state index in [1.807, 2.05) is 23.1 Å². The molecule has 1 fully saturated rings. The number of nitrogens with zero attached hydrogens (tertiary/aromatic N) is 1. The molecule has 120 valence electrons. The maximum atomic E-state index is 12.9. The van der Waals surface area contributed by atoms with Crippen LogP contribution in [0.4, 0.5) is 0 Å². The van der Waals surface area contributed by atoms with Gasteiger partial charge in [0.25, 0.3) is 5.91 Å². The van der Waals surface area contributed by atoms with E-state index in [0.29, 0.717) is 16.5 Å². The summed E-state index contributed by atoms with van der Waals surface area (Å²) in [4.78, 5) is 14.9. The highest BCUT2D eigenvalue weighted by Crippen LogP contribution is 2.29. The largest absolute Gasteiger partial charge is 0.338 e. The van der Waals surface area contributed by atoms with Crippen LogP contribution in [0, 0.1) is 0 Å². The van der Waals surface area contributed by atoms with E-state index in [0.717, 1.165) is 36.8 Å². The lowest BCUT2D eigenvalue weighted by atomic mass is 9.94. The summed E-state index contributed by atoms with van der Waals surface area (Å²) in [6.45, 7) is 1.55. The van der Waals surface area contributed by atoms with Gasteiger partial charge in [-0.05, 0) is 36.6 Å². The lowest BCUT2D eigenvalue weighted by Gasteiger charge is -2.25. The lowest BCUT2D eigenvalue weighted by Crippen LogP contribution is -2.34. The molecule has 1 saturated heterocycles. The van der Waals surface area contributed by atoms with E-state index in [1.165, 1.54) is 5.56 Å². The minimum absolute atomic E-state index is 0.0270. The van der Waals surface area contributed by atoms with Crippen LogP contribution < -0.4 is 0 Å². The molecule has 3 rings (SSSR count). The van der Waals surface area contributed by atoms with Gasteiger partial charge in [-0.15, -0.1) is 0 Å². The molecular weight excluding hydrogens is 374 g/mol. The van der Waals surface area contributed by atoms with Crippen LogP contribution in [0.5, 0.6) is 0 Å². The lowest BCUT2D eigenvalue weighted by molar-refractivity contribution is 0.0754. The van der Waals surface area contributed by atoms with E-state index in [1.54, 1.807) is 6.07 Å². The van der Waals surface area contributed by atoms with Gasteiger partial charge in [-0.3, -0.25) is 4.79 Å². The molecule has 1 aliphatic heterocycles. The van der Waals surface area contributed by atoms with Crippen molar-refractivity contribution in [2.24, 2.45) is 0 Å². The number of benzene rings is 2. The van der Waals surface area contributed by atoms with Crippen LogP contribution in [-0.2, 0) is 0 Å². The fourth-order valence-electron chi connectivity index (χ4n) is 3.16. The summed E-state index contributed by atoms with van der Waals surface area (Å²) < 4.78 is 0.875. The minimum atomic E-state index is 0.0270. The van der Waals surface area contributed by atoms with Crippen molar-refractivity contribution in [1.82, 2.24) is 4.90 Å². The first-order valence-corrected chi connectivity index (χ1v) is 9.11. The quantitative estimate of drug-likeness (QED) is 0.659. The Kier molecular flexibility index (Phi) is 5.39.